The van der Waals surface area contributed by atoms with Crippen molar-refractivity contribution < 1.29 is 23.7 Å². The minimum atomic E-state index is -0.793. The van der Waals surface area contributed by atoms with Crippen molar-refractivity contribution in [2.45, 2.75) is 37.4 Å². The molecule has 4 aromatic heterocycles. The smallest absolute Gasteiger partial charge is 0.213 e. The summed E-state index contributed by atoms with van der Waals surface area (Å²) in [5.74, 6) is 1.48. The van der Waals surface area contributed by atoms with Crippen LogP contribution in [-0.2, 0) is 0 Å². The van der Waals surface area contributed by atoms with E-state index in [9.17, 15) is 10.4 Å². The van der Waals surface area contributed by atoms with Gasteiger partial charge in [0.1, 0.15) is 41.6 Å². The second kappa shape index (κ2) is 10.0. The highest BCUT2D eigenvalue weighted by Crippen LogP contribution is 2.36. The van der Waals surface area contributed by atoms with Crippen LogP contribution in [-0.4, -0.2) is 63.0 Å². The summed E-state index contributed by atoms with van der Waals surface area (Å²) in [6.45, 7) is 1.34. The number of fused-ring (bicyclic) bond motifs is 1. The average Bonchev–Trinajstić information content (AvgIpc) is 3.55. The number of methoxy groups -OCH3 is 1. The molecular formula is C28H27FN6O4. The van der Waals surface area contributed by atoms with E-state index in [0.29, 0.717) is 78.8 Å². The van der Waals surface area contributed by atoms with Gasteiger partial charge in [-0.15, -0.1) is 0 Å². The quantitative estimate of drug-likeness (QED) is 0.363. The van der Waals surface area contributed by atoms with Crippen LogP contribution in [0.15, 0.2) is 48.9 Å². The number of anilines is 1. The molecule has 1 saturated heterocycles. The Morgan fingerprint density at radius 2 is 1.90 bits per heavy atom. The topological polar surface area (TPSA) is 118 Å². The van der Waals surface area contributed by atoms with E-state index in [2.05, 4.69) is 21.0 Å². The Bertz CT molecular complexity index is 1540. The van der Waals surface area contributed by atoms with Crippen molar-refractivity contribution >= 4 is 11.5 Å². The number of hydrogen-bond acceptors (Lipinski definition) is 9. The minimum Gasteiger partial charge on any atom is -0.490 e. The van der Waals surface area contributed by atoms with Gasteiger partial charge in [-0.3, -0.25) is 4.40 Å². The Morgan fingerprint density at radius 1 is 1.08 bits per heavy atom. The molecule has 10 nitrogen and oxygen atoms in total. The van der Waals surface area contributed by atoms with Gasteiger partial charge < -0.3 is 24.2 Å². The molecule has 2 aliphatic rings. The monoisotopic (exact) mass is 530 g/mol. The lowest BCUT2D eigenvalue weighted by atomic mass is 10.1. The van der Waals surface area contributed by atoms with Crippen molar-refractivity contribution in [3.8, 4) is 34.7 Å². The maximum Gasteiger partial charge on any atom is 0.213 e. The number of halogens is 1. The van der Waals surface area contributed by atoms with Gasteiger partial charge in [0.2, 0.25) is 5.88 Å². The fourth-order valence-electron chi connectivity index (χ4n) is 4.71. The predicted molar refractivity (Wildman–Crippen MR) is 139 cm³/mol. The van der Waals surface area contributed by atoms with E-state index < -0.39 is 11.4 Å². The number of hydrogen-bond donors (Lipinski definition) is 1. The molecule has 200 valence electrons. The molecule has 39 heavy (non-hydrogen) atoms. The number of nitriles is 1. The Balaban J connectivity index is 1.20. The molecule has 0 radical (unpaired) electrons. The highest BCUT2D eigenvalue weighted by atomic mass is 19.1. The fourth-order valence-corrected chi connectivity index (χ4v) is 4.71. The van der Waals surface area contributed by atoms with E-state index >= 15 is 4.39 Å². The number of piperidine rings is 1. The maximum atomic E-state index is 15.4. The molecule has 1 aliphatic heterocycles. The first-order valence-corrected chi connectivity index (χ1v) is 12.8. The third-order valence-electron chi connectivity index (χ3n) is 7.11. The summed E-state index contributed by atoms with van der Waals surface area (Å²) in [4.78, 5) is 14.9. The van der Waals surface area contributed by atoms with Crippen molar-refractivity contribution in [2.75, 3.05) is 31.7 Å². The Kier molecular flexibility index (Phi) is 6.40. The number of aliphatic hydroxyl groups is 1. The molecule has 11 heteroatoms. The van der Waals surface area contributed by atoms with Gasteiger partial charge in [0.15, 0.2) is 11.6 Å². The Labute approximate surface area is 224 Å². The van der Waals surface area contributed by atoms with Gasteiger partial charge in [-0.2, -0.15) is 5.26 Å². The number of rotatable bonds is 8. The van der Waals surface area contributed by atoms with Gasteiger partial charge in [0.25, 0.3) is 0 Å². The molecule has 1 N–H and O–H groups in total. The summed E-state index contributed by atoms with van der Waals surface area (Å²) >= 11 is 0. The normalized spacial score (nSPS) is 16.6. The van der Waals surface area contributed by atoms with Crippen LogP contribution >= 0.6 is 0 Å². The number of aromatic nitrogens is 4. The largest absolute Gasteiger partial charge is 0.490 e. The fraction of sp³-hybridized carbons (Fsp3) is 0.357. The van der Waals surface area contributed by atoms with Crippen LogP contribution in [0.2, 0.25) is 0 Å². The summed E-state index contributed by atoms with van der Waals surface area (Å²) in [7, 11) is 1.56. The molecule has 0 bridgehead atoms. The number of imidazole rings is 1. The van der Waals surface area contributed by atoms with Crippen LogP contribution in [0, 0.1) is 17.1 Å². The first kappa shape index (κ1) is 24.9. The van der Waals surface area contributed by atoms with Crippen molar-refractivity contribution in [3.63, 3.8) is 0 Å². The molecule has 1 aliphatic carbocycles. The number of nitrogens with zero attached hydrogens (tertiary/aromatic N) is 6. The summed E-state index contributed by atoms with van der Waals surface area (Å²) in [6, 6.07) is 10.5. The maximum absolute atomic E-state index is 15.4. The van der Waals surface area contributed by atoms with Crippen LogP contribution in [0.5, 0.6) is 17.4 Å². The van der Waals surface area contributed by atoms with Crippen molar-refractivity contribution in [3.05, 3.63) is 60.4 Å². The minimum absolute atomic E-state index is 0.00542. The summed E-state index contributed by atoms with van der Waals surface area (Å²) in [5, 5.41) is 19.8. The number of ether oxygens (including phenoxy) is 3. The molecule has 0 spiro atoms. The lowest BCUT2D eigenvalue weighted by Gasteiger charge is -2.33. The van der Waals surface area contributed by atoms with Crippen molar-refractivity contribution in [1.82, 2.24) is 19.4 Å². The summed E-state index contributed by atoms with van der Waals surface area (Å²) in [5.41, 5.74) is 1.01. The first-order chi connectivity index (χ1) is 18.9. The molecule has 2 fully saturated rings. The van der Waals surface area contributed by atoms with Crippen LogP contribution in [0.3, 0.4) is 0 Å². The van der Waals surface area contributed by atoms with Gasteiger partial charge in [0, 0.05) is 55.9 Å². The van der Waals surface area contributed by atoms with Gasteiger partial charge in [-0.25, -0.2) is 19.3 Å². The zero-order valence-corrected chi connectivity index (χ0v) is 21.4. The molecule has 1 saturated carbocycles. The van der Waals surface area contributed by atoms with Crippen molar-refractivity contribution in [1.29, 1.82) is 5.26 Å². The van der Waals surface area contributed by atoms with E-state index in [0.717, 1.165) is 0 Å². The average molecular weight is 531 g/mol. The van der Waals surface area contributed by atoms with Crippen LogP contribution in [0.25, 0.3) is 16.9 Å². The SMILES string of the molecule is COc1ccc(OC2CCN(c3ncc(-c4cc(OCC5(O)CC5)cc5ncc(C#N)n45)cc3F)CC2)cn1. The van der Waals surface area contributed by atoms with E-state index in [1.54, 1.807) is 42.1 Å². The number of pyridine rings is 3. The highest BCUT2D eigenvalue weighted by molar-refractivity contribution is 5.68. The molecule has 4 aromatic rings. The Morgan fingerprint density at radius 3 is 2.56 bits per heavy atom. The molecule has 0 atom stereocenters. The third-order valence-corrected chi connectivity index (χ3v) is 7.11. The van der Waals surface area contributed by atoms with Crippen LogP contribution in [0.4, 0.5) is 10.2 Å². The summed E-state index contributed by atoms with van der Waals surface area (Å²) < 4.78 is 34.0. The lowest BCUT2D eigenvalue weighted by molar-refractivity contribution is 0.0857. The standard InChI is InChI=1S/C28H27FN6O4/c1-37-26-3-2-21(16-32-26)39-20-4-8-34(9-5-20)27-23(29)10-18(14-33-27)24-11-22(38-17-28(36)6-7-28)12-25-31-15-19(13-30)35(24)25/h2-3,10-12,14-16,20,36H,4-9,17H2,1H3. The van der Waals surface area contributed by atoms with Gasteiger partial charge in [-0.05, 0) is 25.0 Å². The molecule has 5 heterocycles. The zero-order valence-electron chi connectivity index (χ0n) is 21.4. The van der Waals surface area contributed by atoms with Gasteiger partial charge in [0.05, 0.1) is 30.8 Å². The molecule has 0 unspecified atom stereocenters. The predicted octanol–water partition coefficient (Wildman–Crippen LogP) is 3.76. The molecule has 0 aromatic carbocycles. The first-order valence-electron chi connectivity index (χ1n) is 12.8. The Hall–Kier alpha value is -4.43. The van der Waals surface area contributed by atoms with E-state index in [4.69, 9.17) is 14.2 Å². The van der Waals surface area contributed by atoms with E-state index in [1.165, 1.54) is 12.3 Å². The second-order valence-electron chi connectivity index (χ2n) is 9.91. The molecule has 6 rings (SSSR count). The van der Waals surface area contributed by atoms with Crippen LogP contribution < -0.4 is 19.1 Å². The van der Waals surface area contributed by atoms with Crippen molar-refractivity contribution in [2.24, 2.45) is 0 Å². The van der Waals surface area contributed by atoms with Gasteiger partial charge in [-0.1, -0.05) is 0 Å². The van der Waals surface area contributed by atoms with Gasteiger partial charge >= 0.3 is 0 Å². The molecular weight excluding hydrogens is 503 g/mol. The molecule has 0 amide bonds. The van der Waals surface area contributed by atoms with E-state index in [1.807, 2.05) is 11.0 Å². The highest BCUT2D eigenvalue weighted by Gasteiger charge is 2.41. The lowest BCUT2D eigenvalue weighted by Crippen LogP contribution is -2.39. The van der Waals surface area contributed by atoms with E-state index in [-0.39, 0.29) is 18.5 Å². The van der Waals surface area contributed by atoms with Crippen LogP contribution in [0.1, 0.15) is 31.4 Å². The summed E-state index contributed by atoms with van der Waals surface area (Å²) in [6.07, 6.45) is 7.50. The zero-order chi connectivity index (χ0) is 27.0. The third kappa shape index (κ3) is 5.15. The second-order valence-corrected chi connectivity index (χ2v) is 9.91.